The molecule has 0 spiro atoms. The zero-order valence-electron chi connectivity index (χ0n) is 12.7. The molecule has 1 heterocycles. The van der Waals surface area contributed by atoms with E-state index in [0.717, 1.165) is 18.5 Å². The molecule has 1 fully saturated rings. The Hall–Kier alpha value is -0.660. The minimum atomic E-state index is -3.35. The fourth-order valence-electron chi connectivity index (χ4n) is 2.46. The van der Waals surface area contributed by atoms with Crippen LogP contribution in [-0.4, -0.2) is 57.9 Å². The van der Waals surface area contributed by atoms with E-state index in [1.165, 1.54) is 0 Å². The van der Waals surface area contributed by atoms with Gasteiger partial charge in [0, 0.05) is 25.7 Å². The van der Waals surface area contributed by atoms with Crippen molar-refractivity contribution in [3.05, 3.63) is 29.8 Å². The Morgan fingerprint density at radius 2 is 1.90 bits per heavy atom. The Balaban J connectivity index is 0.00000220. The number of nitrogens with zero attached hydrogens (tertiary/aromatic N) is 2. The van der Waals surface area contributed by atoms with Gasteiger partial charge in [-0.2, -0.15) is 4.31 Å². The predicted octanol–water partition coefficient (Wildman–Crippen LogP) is 1.15. The minimum absolute atomic E-state index is 0. The smallest absolute Gasteiger partial charge is 0.243 e. The Morgan fingerprint density at radius 1 is 1.29 bits per heavy atom. The van der Waals surface area contributed by atoms with Crippen molar-refractivity contribution in [1.29, 1.82) is 0 Å². The quantitative estimate of drug-likeness (QED) is 0.878. The molecule has 1 aromatic carbocycles. The molecule has 1 N–H and O–H groups in total. The second-order valence-corrected chi connectivity index (χ2v) is 7.46. The molecule has 1 aromatic rings. The van der Waals surface area contributed by atoms with Crippen molar-refractivity contribution >= 4 is 22.4 Å². The summed E-state index contributed by atoms with van der Waals surface area (Å²) < 4.78 is 26.6. The lowest BCUT2D eigenvalue weighted by molar-refractivity contribution is 0.402. The maximum Gasteiger partial charge on any atom is 0.243 e. The fraction of sp³-hybridized carbons (Fsp3) is 0.571. The number of hydrogen-bond acceptors (Lipinski definition) is 4. The van der Waals surface area contributed by atoms with Crippen LogP contribution in [0.3, 0.4) is 0 Å². The monoisotopic (exact) mass is 333 g/mol. The highest BCUT2D eigenvalue weighted by Gasteiger charge is 2.31. The second kappa shape index (κ2) is 7.56. The lowest BCUT2D eigenvalue weighted by atomic mass is 10.2. The molecular formula is C14H24ClN3O2S. The fourth-order valence-corrected chi connectivity index (χ4v) is 3.96. The molecule has 1 atom stereocenters. The average molecular weight is 334 g/mol. The molecule has 2 rings (SSSR count). The largest absolute Gasteiger partial charge is 0.316 e. The Kier molecular flexibility index (Phi) is 6.62. The summed E-state index contributed by atoms with van der Waals surface area (Å²) in [5.74, 6) is 0. The van der Waals surface area contributed by atoms with Crippen molar-refractivity contribution in [2.24, 2.45) is 0 Å². The SMILES string of the molecule is CNC1CCN(S(=O)(=O)c2ccc(CN(C)C)cc2)C1.Cl. The van der Waals surface area contributed by atoms with E-state index in [2.05, 4.69) is 10.2 Å². The standard InChI is InChI=1S/C14H23N3O2S.ClH/c1-15-13-8-9-17(11-13)20(18,19)14-6-4-12(5-7-14)10-16(2)3;/h4-7,13,15H,8-11H2,1-3H3;1H. The number of likely N-dealkylation sites (N-methyl/N-ethyl adjacent to an activating group) is 1. The highest BCUT2D eigenvalue weighted by Crippen LogP contribution is 2.21. The summed E-state index contributed by atoms with van der Waals surface area (Å²) in [7, 11) is 2.51. The molecule has 1 saturated heterocycles. The topological polar surface area (TPSA) is 52.7 Å². The summed E-state index contributed by atoms with van der Waals surface area (Å²) in [6, 6.07) is 7.46. The van der Waals surface area contributed by atoms with Gasteiger partial charge >= 0.3 is 0 Å². The first-order chi connectivity index (χ1) is 9.43. The Bertz CT molecular complexity index is 546. The number of hydrogen-bond donors (Lipinski definition) is 1. The van der Waals surface area contributed by atoms with Gasteiger partial charge in [-0.15, -0.1) is 12.4 Å². The molecule has 1 aliphatic heterocycles. The van der Waals surface area contributed by atoms with Gasteiger partial charge in [0.05, 0.1) is 4.90 Å². The lowest BCUT2D eigenvalue weighted by Gasteiger charge is -2.17. The van der Waals surface area contributed by atoms with Gasteiger partial charge in [-0.1, -0.05) is 12.1 Å². The molecule has 0 aromatic heterocycles. The van der Waals surface area contributed by atoms with Crippen LogP contribution in [0.25, 0.3) is 0 Å². The first-order valence-corrected chi connectivity index (χ1v) is 8.28. The Labute approximate surface area is 133 Å². The second-order valence-electron chi connectivity index (χ2n) is 5.52. The molecule has 5 nitrogen and oxygen atoms in total. The van der Waals surface area contributed by atoms with Gasteiger partial charge in [-0.05, 0) is 45.3 Å². The maximum absolute atomic E-state index is 12.5. The highest BCUT2D eigenvalue weighted by atomic mass is 35.5. The van der Waals surface area contributed by atoms with Gasteiger partial charge in [0.2, 0.25) is 10.0 Å². The van der Waals surface area contributed by atoms with E-state index in [0.29, 0.717) is 18.0 Å². The van der Waals surface area contributed by atoms with Crippen molar-refractivity contribution in [3.63, 3.8) is 0 Å². The average Bonchev–Trinajstić information content (AvgIpc) is 2.88. The van der Waals surface area contributed by atoms with Gasteiger partial charge < -0.3 is 10.2 Å². The first-order valence-electron chi connectivity index (χ1n) is 6.84. The van der Waals surface area contributed by atoms with Crippen LogP contribution in [0.2, 0.25) is 0 Å². The van der Waals surface area contributed by atoms with Gasteiger partial charge in [-0.25, -0.2) is 8.42 Å². The van der Waals surface area contributed by atoms with E-state index in [4.69, 9.17) is 0 Å². The van der Waals surface area contributed by atoms with E-state index in [1.807, 2.05) is 33.3 Å². The van der Waals surface area contributed by atoms with Crippen LogP contribution >= 0.6 is 12.4 Å². The van der Waals surface area contributed by atoms with Crippen LogP contribution in [0.15, 0.2) is 29.2 Å². The van der Waals surface area contributed by atoms with E-state index < -0.39 is 10.0 Å². The minimum Gasteiger partial charge on any atom is -0.316 e. The highest BCUT2D eigenvalue weighted by molar-refractivity contribution is 7.89. The van der Waals surface area contributed by atoms with Crippen LogP contribution < -0.4 is 5.32 Å². The summed E-state index contributed by atoms with van der Waals surface area (Å²) in [5, 5.41) is 3.14. The summed E-state index contributed by atoms with van der Waals surface area (Å²) in [4.78, 5) is 2.44. The maximum atomic E-state index is 12.5. The van der Waals surface area contributed by atoms with Crippen LogP contribution in [0.1, 0.15) is 12.0 Å². The third kappa shape index (κ3) is 4.40. The number of halogens is 1. The molecule has 0 saturated carbocycles. The van der Waals surface area contributed by atoms with Crippen LogP contribution in [0.5, 0.6) is 0 Å². The van der Waals surface area contributed by atoms with Crippen molar-refractivity contribution < 1.29 is 8.42 Å². The van der Waals surface area contributed by atoms with Gasteiger partial charge in [0.1, 0.15) is 0 Å². The van der Waals surface area contributed by atoms with Crippen molar-refractivity contribution in [2.75, 3.05) is 34.2 Å². The molecule has 21 heavy (non-hydrogen) atoms. The van der Waals surface area contributed by atoms with Crippen LogP contribution in [0, 0.1) is 0 Å². The Morgan fingerprint density at radius 3 is 2.38 bits per heavy atom. The molecule has 1 aliphatic rings. The molecule has 0 bridgehead atoms. The van der Waals surface area contributed by atoms with E-state index in [9.17, 15) is 8.42 Å². The number of benzene rings is 1. The molecule has 0 aliphatic carbocycles. The van der Waals surface area contributed by atoms with Gasteiger partial charge in [0.25, 0.3) is 0 Å². The number of nitrogens with one attached hydrogen (secondary N) is 1. The molecule has 0 radical (unpaired) electrons. The van der Waals surface area contributed by atoms with Crippen LogP contribution in [0.4, 0.5) is 0 Å². The van der Waals surface area contributed by atoms with Gasteiger partial charge in [0.15, 0.2) is 0 Å². The summed E-state index contributed by atoms with van der Waals surface area (Å²) in [5.41, 5.74) is 1.11. The van der Waals surface area contributed by atoms with E-state index in [1.54, 1.807) is 16.4 Å². The molecule has 0 amide bonds. The molecule has 120 valence electrons. The first kappa shape index (κ1) is 18.4. The molecule has 1 unspecified atom stereocenters. The van der Waals surface area contributed by atoms with Gasteiger partial charge in [-0.3, -0.25) is 0 Å². The number of sulfonamides is 1. The number of rotatable bonds is 5. The van der Waals surface area contributed by atoms with Crippen molar-refractivity contribution in [1.82, 2.24) is 14.5 Å². The summed E-state index contributed by atoms with van der Waals surface area (Å²) in [6.07, 6.45) is 0.869. The third-order valence-corrected chi connectivity index (χ3v) is 5.50. The normalized spacial score (nSPS) is 19.7. The van der Waals surface area contributed by atoms with Crippen LogP contribution in [-0.2, 0) is 16.6 Å². The zero-order chi connectivity index (χ0) is 14.8. The van der Waals surface area contributed by atoms with Crippen molar-refractivity contribution in [2.45, 2.75) is 23.9 Å². The van der Waals surface area contributed by atoms with E-state index in [-0.39, 0.29) is 18.4 Å². The third-order valence-electron chi connectivity index (χ3n) is 3.62. The zero-order valence-corrected chi connectivity index (χ0v) is 14.4. The van der Waals surface area contributed by atoms with E-state index >= 15 is 0 Å². The molecule has 7 heteroatoms. The molecular weight excluding hydrogens is 310 g/mol. The summed E-state index contributed by atoms with van der Waals surface area (Å²) in [6.45, 7) is 1.96. The lowest BCUT2D eigenvalue weighted by Crippen LogP contribution is -2.33. The predicted molar refractivity (Wildman–Crippen MR) is 87.3 cm³/mol. The summed E-state index contributed by atoms with van der Waals surface area (Å²) >= 11 is 0. The van der Waals surface area contributed by atoms with Crippen molar-refractivity contribution in [3.8, 4) is 0 Å².